The van der Waals surface area contributed by atoms with Crippen LogP contribution in [0.15, 0.2) is 18.2 Å². The Morgan fingerprint density at radius 3 is 3.00 bits per heavy atom. The minimum absolute atomic E-state index is 0.0162. The van der Waals surface area contributed by atoms with Crippen molar-refractivity contribution in [2.24, 2.45) is 5.92 Å². The van der Waals surface area contributed by atoms with Crippen LogP contribution in [0.25, 0.3) is 0 Å². The van der Waals surface area contributed by atoms with Crippen LogP contribution in [0.4, 0.5) is 5.69 Å². The van der Waals surface area contributed by atoms with Crippen molar-refractivity contribution < 1.29 is 24.2 Å². The molecule has 1 aromatic carbocycles. The first kappa shape index (κ1) is 16.3. The number of likely N-dealkylation sites (tertiary alicyclic amines) is 1. The van der Waals surface area contributed by atoms with Crippen molar-refractivity contribution in [1.82, 2.24) is 4.90 Å². The van der Waals surface area contributed by atoms with E-state index in [1.165, 1.54) is 0 Å². The number of hydrogen-bond acceptors (Lipinski definition) is 4. The second-order valence-electron chi connectivity index (χ2n) is 6.24. The van der Waals surface area contributed by atoms with Crippen molar-refractivity contribution in [2.75, 3.05) is 25.0 Å². The second-order valence-corrected chi connectivity index (χ2v) is 6.24. The molecule has 3 rings (SSSR count). The van der Waals surface area contributed by atoms with E-state index in [4.69, 9.17) is 9.84 Å². The monoisotopic (exact) mass is 332 g/mol. The maximum atomic E-state index is 12.7. The predicted octanol–water partition coefficient (Wildman–Crippen LogP) is 1.73. The molecular formula is C17H20N2O5. The van der Waals surface area contributed by atoms with Crippen LogP contribution in [0.1, 0.15) is 36.0 Å². The van der Waals surface area contributed by atoms with E-state index in [0.29, 0.717) is 36.5 Å². The molecule has 2 aliphatic heterocycles. The number of ether oxygens (including phenoxy) is 1. The van der Waals surface area contributed by atoms with Gasteiger partial charge in [-0.1, -0.05) is 0 Å². The summed E-state index contributed by atoms with van der Waals surface area (Å²) in [4.78, 5) is 36.6. The van der Waals surface area contributed by atoms with Crippen molar-refractivity contribution in [3.8, 4) is 5.75 Å². The molecule has 0 saturated carbocycles. The van der Waals surface area contributed by atoms with Crippen molar-refractivity contribution >= 4 is 23.5 Å². The smallest absolute Gasteiger partial charge is 0.303 e. The van der Waals surface area contributed by atoms with Gasteiger partial charge >= 0.3 is 5.97 Å². The van der Waals surface area contributed by atoms with E-state index < -0.39 is 5.97 Å². The van der Waals surface area contributed by atoms with E-state index in [9.17, 15) is 14.4 Å². The molecule has 7 heteroatoms. The Morgan fingerprint density at radius 2 is 2.21 bits per heavy atom. The van der Waals surface area contributed by atoms with Crippen molar-refractivity contribution in [2.45, 2.75) is 25.7 Å². The molecule has 1 atom stereocenters. The molecule has 7 nitrogen and oxygen atoms in total. The number of benzene rings is 1. The molecule has 0 spiro atoms. The Hall–Kier alpha value is -2.57. The zero-order chi connectivity index (χ0) is 17.1. The van der Waals surface area contributed by atoms with E-state index in [2.05, 4.69) is 5.32 Å². The number of nitrogens with zero attached hydrogens (tertiary/aromatic N) is 1. The van der Waals surface area contributed by atoms with Gasteiger partial charge in [0.05, 0.1) is 5.69 Å². The zero-order valence-electron chi connectivity index (χ0n) is 13.3. The highest BCUT2D eigenvalue weighted by molar-refractivity contribution is 5.99. The van der Waals surface area contributed by atoms with E-state index in [1.54, 1.807) is 23.1 Å². The van der Waals surface area contributed by atoms with E-state index in [1.807, 2.05) is 0 Å². The van der Waals surface area contributed by atoms with Gasteiger partial charge in [0.25, 0.3) is 11.8 Å². The lowest BCUT2D eigenvalue weighted by Gasteiger charge is -2.33. The molecule has 2 aliphatic rings. The van der Waals surface area contributed by atoms with Crippen LogP contribution >= 0.6 is 0 Å². The topological polar surface area (TPSA) is 95.9 Å². The van der Waals surface area contributed by atoms with Crippen LogP contribution < -0.4 is 10.1 Å². The lowest BCUT2D eigenvalue weighted by molar-refractivity contribution is -0.137. The molecule has 0 radical (unpaired) electrons. The van der Waals surface area contributed by atoms with Gasteiger partial charge in [-0.05, 0) is 43.4 Å². The van der Waals surface area contributed by atoms with E-state index >= 15 is 0 Å². The summed E-state index contributed by atoms with van der Waals surface area (Å²) in [7, 11) is 0. The molecule has 0 aliphatic carbocycles. The first-order chi connectivity index (χ1) is 11.5. The summed E-state index contributed by atoms with van der Waals surface area (Å²) in [6.45, 7) is 1.23. The van der Waals surface area contributed by atoms with Gasteiger partial charge in [-0.25, -0.2) is 0 Å². The third-order valence-electron chi connectivity index (χ3n) is 4.43. The number of aliphatic carboxylic acids is 1. The largest absolute Gasteiger partial charge is 0.482 e. The fourth-order valence-corrected chi connectivity index (χ4v) is 3.21. The Morgan fingerprint density at radius 1 is 1.38 bits per heavy atom. The number of carbonyl (C=O) groups excluding carboxylic acids is 2. The van der Waals surface area contributed by atoms with Crippen LogP contribution in [0.2, 0.25) is 0 Å². The van der Waals surface area contributed by atoms with Gasteiger partial charge in [-0.3, -0.25) is 14.4 Å². The molecule has 1 unspecified atom stereocenters. The lowest BCUT2D eigenvalue weighted by Crippen LogP contribution is -2.40. The number of carbonyl (C=O) groups is 3. The van der Waals surface area contributed by atoms with Crippen LogP contribution in [0.3, 0.4) is 0 Å². The number of rotatable bonds is 4. The average molecular weight is 332 g/mol. The molecule has 2 heterocycles. The molecule has 1 aromatic rings. The standard InChI is InChI=1S/C17H20N2O5/c20-15-10-24-14-5-4-12(8-13(14)18-15)17(23)19-7-1-2-11(9-19)3-6-16(21)22/h4-5,8,11H,1-3,6-7,9-10H2,(H,18,20)(H,21,22). The highest BCUT2D eigenvalue weighted by Crippen LogP contribution is 2.30. The molecule has 0 bridgehead atoms. The molecular weight excluding hydrogens is 312 g/mol. The van der Waals surface area contributed by atoms with Crippen LogP contribution in [-0.2, 0) is 9.59 Å². The Kier molecular flexibility index (Phi) is 4.69. The summed E-state index contributed by atoms with van der Waals surface area (Å²) in [5.74, 6) is -0.357. The summed E-state index contributed by atoms with van der Waals surface area (Å²) < 4.78 is 5.29. The van der Waals surface area contributed by atoms with Gasteiger partial charge in [0.2, 0.25) is 0 Å². The third kappa shape index (κ3) is 3.67. The summed E-state index contributed by atoms with van der Waals surface area (Å²) in [6.07, 6.45) is 2.55. The number of anilines is 1. The summed E-state index contributed by atoms with van der Waals surface area (Å²) in [6, 6.07) is 5.02. The Balaban J connectivity index is 1.68. The highest BCUT2D eigenvalue weighted by atomic mass is 16.5. The number of piperidine rings is 1. The molecule has 0 aromatic heterocycles. The van der Waals surface area contributed by atoms with Crippen molar-refractivity contribution in [1.29, 1.82) is 0 Å². The molecule has 24 heavy (non-hydrogen) atoms. The number of amides is 2. The lowest BCUT2D eigenvalue weighted by atomic mass is 9.93. The van der Waals surface area contributed by atoms with E-state index in [0.717, 1.165) is 12.8 Å². The minimum Gasteiger partial charge on any atom is -0.482 e. The molecule has 2 amide bonds. The fraction of sp³-hybridized carbons (Fsp3) is 0.471. The quantitative estimate of drug-likeness (QED) is 0.875. The maximum Gasteiger partial charge on any atom is 0.303 e. The third-order valence-corrected chi connectivity index (χ3v) is 4.43. The second kappa shape index (κ2) is 6.90. The number of fused-ring (bicyclic) bond motifs is 1. The predicted molar refractivity (Wildman–Crippen MR) is 86.1 cm³/mol. The van der Waals surface area contributed by atoms with E-state index in [-0.39, 0.29) is 30.8 Å². The Bertz CT molecular complexity index is 673. The maximum absolute atomic E-state index is 12.7. The van der Waals surface area contributed by atoms with Crippen LogP contribution in [-0.4, -0.2) is 47.5 Å². The molecule has 2 N–H and O–H groups in total. The highest BCUT2D eigenvalue weighted by Gasteiger charge is 2.26. The van der Waals surface area contributed by atoms with Gasteiger partial charge in [0.1, 0.15) is 5.75 Å². The first-order valence-corrected chi connectivity index (χ1v) is 8.10. The number of nitrogens with one attached hydrogen (secondary N) is 1. The summed E-state index contributed by atoms with van der Waals surface area (Å²) in [5.41, 5.74) is 1.01. The average Bonchev–Trinajstić information content (AvgIpc) is 2.59. The summed E-state index contributed by atoms with van der Waals surface area (Å²) in [5, 5.41) is 11.5. The fourth-order valence-electron chi connectivity index (χ4n) is 3.21. The zero-order valence-corrected chi connectivity index (χ0v) is 13.3. The number of carboxylic acids is 1. The first-order valence-electron chi connectivity index (χ1n) is 8.10. The van der Waals surface area contributed by atoms with Gasteiger partial charge in [0.15, 0.2) is 6.61 Å². The number of hydrogen-bond donors (Lipinski definition) is 2. The SMILES string of the molecule is O=C(O)CCC1CCCN(C(=O)c2ccc3c(c2)NC(=O)CO3)C1. The Labute approximate surface area is 139 Å². The van der Waals surface area contributed by atoms with Crippen molar-refractivity contribution in [3.63, 3.8) is 0 Å². The molecule has 1 saturated heterocycles. The van der Waals surface area contributed by atoms with Gasteiger partial charge in [0, 0.05) is 25.1 Å². The van der Waals surface area contributed by atoms with Crippen molar-refractivity contribution in [3.05, 3.63) is 23.8 Å². The van der Waals surface area contributed by atoms with Gasteiger partial charge in [-0.15, -0.1) is 0 Å². The van der Waals surface area contributed by atoms with Crippen LogP contribution in [0, 0.1) is 5.92 Å². The molecule has 128 valence electrons. The normalized spacial score (nSPS) is 19.9. The molecule has 1 fully saturated rings. The summed E-state index contributed by atoms with van der Waals surface area (Å²) >= 11 is 0. The van der Waals surface area contributed by atoms with Crippen LogP contribution in [0.5, 0.6) is 5.75 Å². The minimum atomic E-state index is -0.802. The number of carboxylic acid groups (broad SMARTS) is 1. The van der Waals surface area contributed by atoms with Gasteiger partial charge in [-0.2, -0.15) is 0 Å². The van der Waals surface area contributed by atoms with Gasteiger partial charge < -0.3 is 20.1 Å².